The van der Waals surface area contributed by atoms with Crippen LogP contribution in [0.15, 0.2) is 23.0 Å². The third-order valence-corrected chi connectivity index (χ3v) is 5.28. The van der Waals surface area contributed by atoms with E-state index in [1.54, 1.807) is 11.6 Å². The van der Waals surface area contributed by atoms with Crippen molar-refractivity contribution in [2.24, 2.45) is 7.05 Å². The Morgan fingerprint density at radius 1 is 1.12 bits per heavy atom. The smallest absolute Gasteiger partial charge is 0.329 e. The molecular weight excluding hydrogens is 334 g/mol. The zero-order valence-electron chi connectivity index (χ0n) is 14.8. The van der Waals surface area contributed by atoms with E-state index in [4.69, 9.17) is 0 Å². The fourth-order valence-corrected chi connectivity index (χ4v) is 3.99. The van der Waals surface area contributed by atoms with E-state index in [1.165, 1.54) is 4.57 Å². The molecule has 138 valence electrons. The first-order valence-corrected chi connectivity index (χ1v) is 9.07. The van der Waals surface area contributed by atoms with Crippen molar-refractivity contribution in [1.82, 2.24) is 19.8 Å². The van der Waals surface area contributed by atoms with Crippen LogP contribution in [0.2, 0.25) is 0 Å². The number of nitrogens with one attached hydrogen (secondary N) is 2. The van der Waals surface area contributed by atoms with Crippen molar-refractivity contribution in [2.45, 2.75) is 25.3 Å². The van der Waals surface area contributed by atoms with E-state index in [9.17, 15) is 14.4 Å². The van der Waals surface area contributed by atoms with Crippen LogP contribution in [-0.2, 0) is 16.6 Å². The minimum Gasteiger partial charge on any atom is -0.368 e. The number of imidazole rings is 1. The van der Waals surface area contributed by atoms with Crippen LogP contribution in [0.4, 0.5) is 5.69 Å². The van der Waals surface area contributed by atoms with E-state index in [2.05, 4.69) is 15.5 Å². The number of anilines is 1. The van der Waals surface area contributed by atoms with Crippen LogP contribution in [0, 0.1) is 0 Å². The number of aryl methyl sites for hydroxylation is 1. The summed E-state index contributed by atoms with van der Waals surface area (Å²) in [4.78, 5) is 39.0. The number of aromatic nitrogens is 2. The zero-order chi connectivity index (χ0) is 18.3. The monoisotopic (exact) mass is 357 g/mol. The molecule has 2 aromatic rings. The van der Waals surface area contributed by atoms with E-state index in [0.717, 1.165) is 49.3 Å². The minimum atomic E-state index is -0.648. The highest BCUT2D eigenvalue weighted by Crippen LogP contribution is 2.29. The van der Waals surface area contributed by atoms with Crippen molar-refractivity contribution in [3.63, 3.8) is 0 Å². The molecule has 2 fully saturated rings. The van der Waals surface area contributed by atoms with Gasteiger partial charge in [0.2, 0.25) is 11.8 Å². The Kier molecular flexibility index (Phi) is 4.28. The number of benzene rings is 1. The van der Waals surface area contributed by atoms with Gasteiger partial charge in [-0.05, 0) is 31.5 Å². The van der Waals surface area contributed by atoms with Crippen LogP contribution in [-0.4, -0.2) is 47.1 Å². The number of fused-ring (bicyclic) bond motifs is 1. The average Bonchev–Trinajstić information content (AvgIpc) is 2.82. The van der Waals surface area contributed by atoms with Gasteiger partial charge in [0, 0.05) is 33.1 Å². The number of imide groups is 1. The summed E-state index contributed by atoms with van der Waals surface area (Å²) in [5, 5.41) is 5.74. The fraction of sp³-hybridized carbons (Fsp3) is 0.500. The summed E-state index contributed by atoms with van der Waals surface area (Å²) in [6.07, 6.45) is 1.64. The molecule has 2 aliphatic rings. The predicted molar refractivity (Wildman–Crippen MR) is 98.3 cm³/mol. The Morgan fingerprint density at radius 3 is 2.77 bits per heavy atom. The molecule has 8 nitrogen and oxygen atoms in total. The number of carbonyl (C=O) groups excluding carboxylic acids is 2. The lowest BCUT2D eigenvalue weighted by molar-refractivity contribution is -0.135. The van der Waals surface area contributed by atoms with Gasteiger partial charge in [0.05, 0.1) is 16.7 Å². The highest BCUT2D eigenvalue weighted by molar-refractivity contribution is 6.00. The Labute approximate surface area is 150 Å². The molecular formula is C18H23N5O3. The fourth-order valence-electron chi connectivity index (χ4n) is 3.99. The van der Waals surface area contributed by atoms with E-state index in [0.29, 0.717) is 6.42 Å². The summed E-state index contributed by atoms with van der Waals surface area (Å²) in [6, 6.07) is 5.18. The molecule has 0 saturated carbocycles. The summed E-state index contributed by atoms with van der Waals surface area (Å²) in [5.41, 5.74) is 2.36. The number of carbonyl (C=O) groups is 2. The first kappa shape index (κ1) is 16.8. The van der Waals surface area contributed by atoms with Gasteiger partial charge in [-0.1, -0.05) is 6.07 Å². The quantitative estimate of drug-likeness (QED) is 0.746. The molecule has 0 aliphatic carbocycles. The summed E-state index contributed by atoms with van der Waals surface area (Å²) in [5.74, 6) is -0.683. The summed E-state index contributed by atoms with van der Waals surface area (Å²) in [7, 11) is 1.74. The van der Waals surface area contributed by atoms with Gasteiger partial charge in [-0.25, -0.2) is 4.79 Å². The maximum Gasteiger partial charge on any atom is 0.329 e. The van der Waals surface area contributed by atoms with E-state index in [-0.39, 0.29) is 18.0 Å². The maximum atomic E-state index is 12.9. The summed E-state index contributed by atoms with van der Waals surface area (Å²) in [6.45, 7) is 3.68. The second-order valence-corrected chi connectivity index (χ2v) is 6.91. The van der Waals surface area contributed by atoms with Crippen molar-refractivity contribution in [1.29, 1.82) is 0 Å². The van der Waals surface area contributed by atoms with Crippen molar-refractivity contribution >= 4 is 28.5 Å². The second-order valence-electron chi connectivity index (χ2n) is 6.91. The van der Waals surface area contributed by atoms with Crippen LogP contribution in [0.5, 0.6) is 0 Å². The van der Waals surface area contributed by atoms with Crippen molar-refractivity contribution in [3.05, 3.63) is 28.7 Å². The number of piperidine rings is 1. The van der Waals surface area contributed by atoms with Crippen LogP contribution in [0.3, 0.4) is 0 Å². The lowest BCUT2D eigenvalue weighted by Gasteiger charge is -2.24. The van der Waals surface area contributed by atoms with E-state index >= 15 is 0 Å². The van der Waals surface area contributed by atoms with Crippen LogP contribution in [0.25, 0.3) is 11.0 Å². The molecule has 0 bridgehead atoms. The third kappa shape index (κ3) is 2.70. The lowest BCUT2D eigenvalue weighted by atomic mass is 10.1. The minimum absolute atomic E-state index is 0.227. The Hall–Kier alpha value is -2.61. The largest absolute Gasteiger partial charge is 0.368 e. The third-order valence-electron chi connectivity index (χ3n) is 5.28. The molecule has 2 aliphatic heterocycles. The molecule has 8 heteroatoms. The van der Waals surface area contributed by atoms with E-state index < -0.39 is 11.9 Å². The highest BCUT2D eigenvalue weighted by atomic mass is 16.2. The molecule has 3 heterocycles. The van der Waals surface area contributed by atoms with Gasteiger partial charge < -0.3 is 10.2 Å². The molecule has 4 rings (SSSR count). The Morgan fingerprint density at radius 2 is 1.96 bits per heavy atom. The molecule has 1 unspecified atom stereocenters. The molecule has 1 atom stereocenters. The maximum absolute atomic E-state index is 12.9. The molecule has 0 radical (unpaired) electrons. The number of rotatable bonds is 2. The Balaban J connectivity index is 1.85. The first-order chi connectivity index (χ1) is 12.6. The van der Waals surface area contributed by atoms with E-state index in [1.807, 2.05) is 18.2 Å². The summed E-state index contributed by atoms with van der Waals surface area (Å²) >= 11 is 0. The van der Waals surface area contributed by atoms with Crippen LogP contribution < -0.4 is 21.2 Å². The van der Waals surface area contributed by atoms with Gasteiger partial charge >= 0.3 is 5.69 Å². The average molecular weight is 357 g/mol. The normalized spacial score (nSPS) is 21.7. The lowest BCUT2D eigenvalue weighted by Crippen LogP contribution is -2.44. The van der Waals surface area contributed by atoms with Crippen LogP contribution >= 0.6 is 0 Å². The molecule has 2 saturated heterocycles. The number of nitrogens with zero attached hydrogens (tertiary/aromatic N) is 3. The predicted octanol–water partition coefficient (Wildman–Crippen LogP) is 0.117. The zero-order valence-corrected chi connectivity index (χ0v) is 14.8. The molecule has 26 heavy (non-hydrogen) atoms. The van der Waals surface area contributed by atoms with Gasteiger partial charge in [0.25, 0.3) is 0 Å². The topological polar surface area (TPSA) is 88.4 Å². The van der Waals surface area contributed by atoms with Gasteiger partial charge in [0.1, 0.15) is 6.04 Å². The number of amides is 2. The molecule has 2 N–H and O–H groups in total. The summed E-state index contributed by atoms with van der Waals surface area (Å²) < 4.78 is 3.16. The van der Waals surface area contributed by atoms with Crippen molar-refractivity contribution in [2.75, 3.05) is 31.1 Å². The van der Waals surface area contributed by atoms with Crippen molar-refractivity contribution < 1.29 is 9.59 Å². The number of para-hydroxylation sites is 1. The Bertz CT molecular complexity index is 921. The SMILES string of the molecule is Cn1c(=O)n(C2CCC(=O)NC2=O)c2cccc(N3CCCNCC3)c21. The molecule has 1 aromatic heterocycles. The van der Waals surface area contributed by atoms with Gasteiger partial charge in [0.15, 0.2) is 0 Å². The van der Waals surface area contributed by atoms with Gasteiger partial charge in [-0.15, -0.1) is 0 Å². The highest BCUT2D eigenvalue weighted by Gasteiger charge is 2.32. The first-order valence-electron chi connectivity index (χ1n) is 9.07. The number of hydrogen-bond acceptors (Lipinski definition) is 5. The van der Waals surface area contributed by atoms with Crippen molar-refractivity contribution in [3.8, 4) is 0 Å². The molecule has 1 aromatic carbocycles. The van der Waals surface area contributed by atoms with Gasteiger partial charge in [-0.3, -0.25) is 24.0 Å². The molecule has 2 amide bonds. The molecule has 0 spiro atoms. The standard InChI is InChI=1S/C18H23N5O3/c1-21-16-12(22-10-3-8-19-9-11-22)4-2-5-13(16)23(18(21)26)14-6-7-15(24)20-17(14)25/h2,4-5,14,19H,3,6-11H2,1H3,(H,20,24,25). The van der Waals surface area contributed by atoms with Gasteiger partial charge in [-0.2, -0.15) is 0 Å². The second kappa shape index (κ2) is 6.60. The van der Waals surface area contributed by atoms with Crippen LogP contribution in [0.1, 0.15) is 25.3 Å². The number of hydrogen-bond donors (Lipinski definition) is 2.